The molecule has 0 spiro atoms. The van der Waals surface area contributed by atoms with E-state index in [9.17, 15) is 4.39 Å². The maximum absolute atomic E-state index is 13.1. The normalized spacial score (nSPS) is 12.4. The van der Waals surface area contributed by atoms with Crippen LogP contribution in [0.1, 0.15) is 24.3 Å². The van der Waals surface area contributed by atoms with Crippen LogP contribution >= 0.6 is 0 Å². The van der Waals surface area contributed by atoms with Gasteiger partial charge in [0.05, 0.1) is 12.3 Å². The Labute approximate surface area is 112 Å². The molecule has 4 heteroatoms. The molecule has 2 aromatic rings. The first-order chi connectivity index (χ1) is 9.16. The first-order valence-corrected chi connectivity index (χ1v) is 6.32. The van der Waals surface area contributed by atoms with E-state index in [0.29, 0.717) is 18.9 Å². The van der Waals surface area contributed by atoms with E-state index < -0.39 is 0 Å². The Morgan fingerprint density at radius 2 is 2.21 bits per heavy atom. The highest BCUT2D eigenvalue weighted by atomic mass is 19.1. The molecule has 1 N–H and O–H groups in total. The van der Waals surface area contributed by atoms with Crippen LogP contribution in [0.2, 0.25) is 0 Å². The van der Waals surface area contributed by atoms with E-state index in [0.717, 1.165) is 11.3 Å². The van der Waals surface area contributed by atoms with Crippen LogP contribution in [-0.2, 0) is 0 Å². The number of ether oxygens (including phenoxy) is 1. The highest BCUT2D eigenvalue weighted by molar-refractivity contribution is 5.32. The Hall–Kier alpha value is -1.81. The summed E-state index contributed by atoms with van der Waals surface area (Å²) in [5, 5.41) is 3.28. The molecule has 3 nitrogen and oxygen atoms in total. The summed E-state index contributed by atoms with van der Waals surface area (Å²) in [4.78, 5) is 0. The quantitative estimate of drug-likeness (QED) is 0.810. The number of halogens is 1. The van der Waals surface area contributed by atoms with E-state index in [4.69, 9.17) is 9.15 Å². The zero-order valence-corrected chi connectivity index (χ0v) is 11.2. The molecule has 0 saturated heterocycles. The van der Waals surface area contributed by atoms with Crippen LogP contribution in [0.5, 0.6) is 5.75 Å². The molecule has 0 fully saturated rings. The summed E-state index contributed by atoms with van der Waals surface area (Å²) in [5.41, 5.74) is 0.931. The number of aryl methyl sites for hydroxylation is 1. The van der Waals surface area contributed by atoms with Gasteiger partial charge in [0, 0.05) is 12.6 Å². The van der Waals surface area contributed by atoms with Gasteiger partial charge >= 0.3 is 0 Å². The summed E-state index contributed by atoms with van der Waals surface area (Å²) in [6, 6.07) is 8.47. The Balaban J connectivity index is 1.76. The fourth-order valence-corrected chi connectivity index (χ4v) is 1.80. The van der Waals surface area contributed by atoms with E-state index in [2.05, 4.69) is 5.32 Å². The van der Waals surface area contributed by atoms with Gasteiger partial charge in [0.1, 0.15) is 23.9 Å². The maximum atomic E-state index is 13.1. The van der Waals surface area contributed by atoms with E-state index in [1.165, 1.54) is 12.1 Å². The monoisotopic (exact) mass is 263 g/mol. The topological polar surface area (TPSA) is 34.4 Å². The second-order valence-corrected chi connectivity index (χ2v) is 4.45. The van der Waals surface area contributed by atoms with Gasteiger partial charge in [-0.3, -0.25) is 0 Å². The van der Waals surface area contributed by atoms with Crippen LogP contribution in [0.4, 0.5) is 4.39 Å². The average Bonchev–Trinajstić information content (AvgIpc) is 2.92. The van der Waals surface area contributed by atoms with Crippen molar-refractivity contribution < 1.29 is 13.5 Å². The van der Waals surface area contributed by atoms with Crippen LogP contribution in [0.3, 0.4) is 0 Å². The second kappa shape index (κ2) is 6.38. The number of benzene rings is 1. The third-order valence-electron chi connectivity index (χ3n) is 2.93. The zero-order valence-electron chi connectivity index (χ0n) is 11.2. The molecule has 19 heavy (non-hydrogen) atoms. The Bertz CT molecular complexity index is 511. The molecule has 0 bridgehead atoms. The lowest BCUT2D eigenvalue weighted by atomic mass is 10.2. The Morgan fingerprint density at radius 1 is 1.37 bits per heavy atom. The molecule has 0 aliphatic carbocycles. The highest BCUT2D eigenvalue weighted by Gasteiger charge is 2.07. The van der Waals surface area contributed by atoms with Crippen LogP contribution in [-0.4, -0.2) is 13.2 Å². The summed E-state index contributed by atoms with van der Waals surface area (Å²) < 4.78 is 23.9. The van der Waals surface area contributed by atoms with Crippen molar-refractivity contribution in [2.45, 2.75) is 19.9 Å². The summed E-state index contributed by atoms with van der Waals surface area (Å²) in [6.45, 7) is 5.06. The molecule has 102 valence electrons. The predicted octanol–water partition coefficient (Wildman–Crippen LogP) is 3.46. The van der Waals surface area contributed by atoms with Gasteiger partial charge in [-0.15, -0.1) is 0 Å². The van der Waals surface area contributed by atoms with Gasteiger partial charge in [-0.1, -0.05) is 6.07 Å². The van der Waals surface area contributed by atoms with Crippen molar-refractivity contribution in [3.63, 3.8) is 0 Å². The lowest BCUT2D eigenvalue weighted by Gasteiger charge is -2.13. The minimum absolute atomic E-state index is 0.132. The Morgan fingerprint density at radius 3 is 2.95 bits per heavy atom. The van der Waals surface area contributed by atoms with Crippen LogP contribution in [0, 0.1) is 12.7 Å². The number of nitrogens with one attached hydrogen (secondary N) is 1. The first kappa shape index (κ1) is 13.6. The van der Waals surface area contributed by atoms with E-state index in [-0.39, 0.29) is 11.9 Å². The molecule has 1 aromatic heterocycles. The highest BCUT2D eigenvalue weighted by Crippen LogP contribution is 2.18. The lowest BCUT2D eigenvalue weighted by molar-refractivity contribution is 0.299. The van der Waals surface area contributed by atoms with Gasteiger partial charge in [-0.2, -0.15) is 0 Å². The van der Waals surface area contributed by atoms with Crippen molar-refractivity contribution in [2.24, 2.45) is 0 Å². The van der Waals surface area contributed by atoms with E-state index in [1.807, 2.05) is 26.0 Å². The lowest BCUT2D eigenvalue weighted by Crippen LogP contribution is -2.24. The summed E-state index contributed by atoms with van der Waals surface area (Å²) in [6.07, 6.45) is 1.65. The SMILES string of the molecule is Cc1ccc(F)cc1OCCNC(C)c1ccco1. The molecule has 1 heterocycles. The van der Waals surface area contributed by atoms with Crippen molar-refractivity contribution in [3.8, 4) is 5.75 Å². The zero-order chi connectivity index (χ0) is 13.7. The van der Waals surface area contributed by atoms with Gasteiger partial charge in [0.25, 0.3) is 0 Å². The maximum Gasteiger partial charge on any atom is 0.126 e. The van der Waals surface area contributed by atoms with E-state index >= 15 is 0 Å². The minimum Gasteiger partial charge on any atom is -0.492 e. The number of furan rings is 1. The van der Waals surface area contributed by atoms with Gasteiger partial charge in [0.2, 0.25) is 0 Å². The molecule has 0 aliphatic rings. The molecule has 1 unspecified atom stereocenters. The van der Waals surface area contributed by atoms with Crippen molar-refractivity contribution in [1.29, 1.82) is 0 Å². The van der Waals surface area contributed by atoms with Crippen LogP contribution in [0.15, 0.2) is 41.0 Å². The van der Waals surface area contributed by atoms with Gasteiger partial charge in [-0.05, 0) is 37.6 Å². The van der Waals surface area contributed by atoms with Gasteiger partial charge in [-0.25, -0.2) is 4.39 Å². The van der Waals surface area contributed by atoms with Crippen molar-refractivity contribution >= 4 is 0 Å². The number of hydrogen-bond donors (Lipinski definition) is 1. The molecule has 0 amide bonds. The second-order valence-electron chi connectivity index (χ2n) is 4.45. The molecule has 0 aliphatic heterocycles. The van der Waals surface area contributed by atoms with Gasteiger partial charge < -0.3 is 14.5 Å². The minimum atomic E-state index is -0.280. The van der Waals surface area contributed by atoms with Crippen LogP contribution in [0.25, 0.3) is 0 Å². The Kier molecular flexibility index (Phi) is 4.58. The molecular weight excluding hydrogens is 245 g/mol. The third kappa shape index (κ3) is 3.83. The first-order valence-electron chi connectivity index (χ1n) is 6.32. The number of hydrogen-bond acceptors (Lipinski definition) is 3. The largest absolute Gasteiger partial charge is 0.492 e. The summed E-state index contributed by atoms with van der Waals surface area (Å²) in [7, 11) is 0. The van der Waals surface area contributed by atoms with Crippen LogP contribution < -0.4 is 10.1 Å². The summed E-state index contributed by atoms with van der Waals surface area (Å²) >= 11 is 0. The third-order valence-corrected chi connectivity index (χ3v) is 2.93. The smallest absolute Gasteiger partial charge is 0.126 e. The van der Waals surface area contributed by atoms with E-state index in [1.54, 1.807) is 12.3 Å². The standard InChI is InChI=1S/C15H18FNO2/c1-11-5-6-13(16)10-15(11)19-9-7-17-12(2)14-4-3-8-18-14/h3-6,8,10,12,17H,7,9H2,1-2H3. The molecule has 2 rings (SSSR count). The van der Waals surface area contributed by atoms with Gasteiger partial charge in [0.15, 0.2) is 0 Å². The summed E-state index contributed by atoms with van der Waals surface area (Å²) in [5.74, 6) is 1.20. The molecule has 1 atom stereocenters. The fourth-order valence-electron chi connectivity index (χ4n) is 1.80. The van der Waals surface area contributed by atoms with Crippen molar-refractivity contribution in [3.05, 3.63) is 53.7 Å². The molecule has 0 radical (unpaired) electrons. The van der Waals surface area contributed by atoms with Crippen molar-refractivity contribution in [2.75, 3.05) is 13.2 Å². The molecule has 0 saturated carbocycles. The molecule has 1 aromatic carbocycles. The predicted molar refractivity (Wildman–Crippen MR) is 71.8 cm³/mol. The fraction of sp³-hybridized carbons (Fsp3) is 0.333. The average molecular weight is 263 g/mol. The number of rotatable bonds is 6. The van der Waals surface area contributed by atoms with Crippen molar-refractivity contribution in [1.82, 2.24) is 5.32 Å². The molecular formula is C15H18FNO2.